The summed E-state index contributed by atoms with van der Waals surface area (Å²) in [4.78, 5) is 28.3. The molecular weight excluding hydrogens is 493 g/mol. The van der Waals surface area contributed by atoms with Crippen LogP contribution >= 0.6 is 0 Å². The van der Waals surface area contributed by atoms with Crippen LogP contribution in [0.3, 0.4) is 0 Å². The average molecular weight is 526 g/mol. The van der Waals surface area contributed by atoms with E-state index >= 15 is 0 Å². The molecule has 0 saturated carbocycles. The lowest BCUT2D eigenvalue weighted by atomic mass is 10.0. The number of carbonyl (C=O) groups excluding carboxylic acids is 2. The van der Waals surface area contributed by atoms with Crippen LogP contribution < -0.4 is 9.62 Å². The number of hydrogen-bond donors (Lipinski definition) is 1. The summed E-state index contributed by atoms with van der Waals surface area (Å²) >= 11 is 0. The van der Waals surface area contributed by atoms with Gasteiger partial charge in [-0.15, -0.1) is 0 Å². The molecule has 0 aliphatic heterocycles. The molecule has 0 bridgehead atoms. The molecule has 7 nitrogen and oxygen atoms in total. The fourth-order valence-corrected chi connectivity index (χ4v) is 4.83. The van der Waals surface area contributed by atoms with Crippen LogP contribution in [-0.2, 0) is 32.6 Å². The van der Waals surface area contributed by atoms with Crippen LogP contribution in [0.1, 0.15) is 23.6 Å². The average Bonchev–Trinajstić information content (AvgIpc) is 2.86. The lowest BCUT2D eigenvalue weighted by Gasteiger charge is -2.33. The van der Waals surface area contributed by atoms with Crippen molar-refractivity contribution in [1.82, 2.24) is 10.2 Å². The summed E-state index contributed by atoms with van der Waals surface area (Å²) < 4.78 is 41.1. The summed E-state index contributed by atoms with van der Waals surface area (Å²) in [5.74, 6) is -1.55. The number of hydrogen-bond acceptors (Lipinski definition) is 4. The minimum atomic E-state index is -3.84. The molecule has 1 N–H and O–H groups in total. The summed E-state index contributed by atoms with van der Waals surface area (Å²) in [5, 5.41) is 2.76. The molecule has 0 spiro atoms. The van der Waals surface area contributed by atoms with Crippen LogP contribution in [0, 0.1) is 12.7 Å². The number of benzene rings is 3. The molecule has 0 radical (unpaired) electrons. The number of anilines is 1. The molecule has 0 aliphatic rings. The number of nitrogens with one attached hydrogen (secondary N) is 1. The van der Waals surface area contributed by atoms with E-state index in [0.717, 1.165) is 21.7 Å². The summed E-state index contributed by atoms with van der Waals surface area (Å²) in [6, 6.07) is 21.0. The normalized spacial score (nSPS) is 12.0. The van der Waals surface area contributed by atoms with Gasteiger partial charge >= 0.3 is 0 Å². The standard InChI is InChI=1S/C28H32FN3O4S/c1-4-30-28(34)26(18-22-10-6-5-7-11-22)31(19-23-12-8-9-13-25(23)29)27(33)20-32(37(3,35)36)24-16-14-21(2)15-17-24/h5-17,26H,4,18-20H2,1-3H3,(H,30,34)/t26-/m0/s1. The molecule has 0 aliphatic carbocycles. The highest BCUT2D eigenvalue weighted by Gasteiger charge is 2.33. The van der Waals surface area contributed by atoms with Gasteiger partial charge in [0.25, 0.3) is 0 Å². The van der Waals surface area contributed by atoms with Crippen LogP contribution in [-0.4, -0.2) is 50.5 Å². The predicted molar refractivity (Wildman–Crippen MR) is 143 cm³/mol. The van der Waals surface area contributed by atoms with Crippen LogP contribution in [0.25, 0.3) is 0 Å². The lowest BCUT2D eigenvalue weighted by Crippen LogP contribution is -2.53. The van der Waals surface area contributed by atoms with Crippen LogP contribution in [0.15, 0.2) is 78.9 Å². The summed E-state index contributed by atoms with van der Waals surface area (Å²) in [6.07, 6.45) is 1.20. The monoisotopic (exact) mass is 525 g/mol. The number of carbonyl (C=O) groups is 2. The molecule has 3 rings (SSSR count). The third kappa shape index (κ3) is 7.63. The van der Waals surface area contributed by atoms with Gasteiger partial charge in [-0.3, -0.25) is 13.9 Å². The van der Waals surface area contributed by atoms with E-state index in [1.54, 1.807) is 49.4 Å². The molecular formula is C28H32FN3O4S. The van der Waals surface area contributed by atoms with E-state index in [-0.39, 0.29) is 18.5 Å². The largest absolute Gasteiger partial charge is 0.355 e. The first-order valence-corrected chi connectivity index (χ1v) is 13.8. The zero-order valence-electron chi connectivity index (χ0n) is 21.2. The zero-order valence-corrected chi connectivity index (χ0v) is 22.0. The van der Waals surface area contributed by atoms with Gasteiger partial charge in [-0.25, -0.2) is 12.8 Å². The van der Waals surface area contributed by atoms with Gasteiger partial charge in [0.15, 0.2) is 0 Å². The van der Waals surface area contributed by atoms with Gasteiger partial charge in [-0.2, -0.15) is 0 Å². The third-order valence-electron chi connectivity index (χ3n) is 5.92. The predicted octanol–water partition coefficient (Wildman–Crippen LogP) is 3.68. The van der Waals surface area contributed by atoms with E-state index < -0.39 is 40.2 Å². The van der Waals surface area contributed by atoms with Gasteiger partial charge in [-0.05, 0) is 37.6 Å². The first-order valence-electron chi connectivity index (χ1n) is 12.0. The van der Waals surface area contributed by atoms with Crippen LogP contribution in [0.5, 0.6) is 0 Å². The molecule has 1 atom stereocenters. The summed E-state index contributed by atoms with van der Waals surface area (Å²) in [7, 11) is -3.84. The SMILES string of the molecule is CCNC(=O)[C@H](Cc1ccccc1)N(Cc1ccccc1F)C(=O)CN(c1ccc(C)cc1)S(C)(=O)=O. The second-order valence-corrected chi connectivity index (χ2v) is 10.7. The van der Waals surface area contributed by atoms with Gasteiger partial charge in [0, 0.05) is 25.1 Å². The third-order valence-corrected chi connectivity index (χ3v) is 7.06. The van der Waals surface area contributed by atoms with Gasteiger partial charge in [0.1, 0.15) is 18.4 Å². The molecule has 3 aromatic rings. The Morgan fingerprint density at radius 2 is 1.57 bits per heavy atom. The molecule has 0 aromatic heterocycles. The maximum absolute atomic E-state index is 14.7. The summed E-state index contributed by atoms with van der Waals surface area (Å²) in [6.45, 7) is 3.23. The van der Waals surface area contributed by atoms with Crippen molar-refractivity contribution in [3.05, 3.63) is 101 Å². The van der Waals surface area contributed by atoms with Gasteiger partial charge in [0.2, 0.25) is 21.8 Å². The minimum Gasteiger partial charge on any atom is -0.355 e. The molecule has 37 heavy (non-hydrogen) atoms. The molecule has 196 valence electrons. The number of nitrogens with zero attached hydrogens (tertiary/aromatic N) is 2. The number of sulfonamides is 1. The summed E-state index contributed by atoms with van der Waals surface area (Å²) in [5.41, 5.74) is 2.29. The van der Waals surface area contributed by atoms with E-state index in [1.807, 2.05) is 37.3 Å². The first kappa shape index (κ1) is 27.9. The Morgan fingerprint density at radius 1 is 0.946 bits per heavy atom. The molecule has 0 heterocycles. The van der Waals surface area contributed by atoms with Gasteiger partial charge < -0.3 is 10.2 Å². The number of likely N-dealkylation sites (N-methyl/N-ethyl adjacent to an activating group) is 1. The Morgan fingerprint density at radius 3 is 2.16 bits per heavy atom. The number of aryl methyl sites for hydroxylation is 1. The number of rotatable bonds is 11. The van der Waals surface area contributed by atoms with Crippen molar-refractivity contribution in [2.75, 3.05) is 23.7 Å². The van der Waals surface area contributed by atoms with E-state index in [4.69, 9.17) is 0 Å². The molecule has 0 unspecified atom stereocenters. The molecule has 9 heteroatoms. The van der Waals surface area contributed by atoms with Gasteiger partial charge in [-0.1, -0.05) is 66.2 Å². The van der Waals surface area contributed by atoms with Crippen LogP contribution in [0.4, 0.5) is 10.1 Å². The van der Waals surface area contributed by atoms with E-state index in [1.165, 1.54) is 11.0 Å². The maximum atomic E-state index is 14.7. The Labute approximate surface area is 218 Å². The van der Waals surface area contributed by atoms with Gasteiger partial charge in [0.05, 0.1) is 11.9 Å². The van der Waals surface area contributed by atoms with Crippen molar-refractivity contribution >= 4 is 27.5 Å². The second-order valence-electron chi connectivity index (χ2n) is 8.82. The molecule has 2 amide bonds. The topological polar surface area (TPSA) is 86.8 Å². The van der Waals surface area contributed by atoms with Crippen molar-refractivity contribution < 1.29 is 22.4 Å². The quantitative estimate of drug-likeness (QED) is 0.414. The highest BCUT2D eigenvalue weighted by atomic mass is 32.2. The van der Waals surface area contributed by atoms with Crippen molar-refractivity contribution in [3.8, 4) is 0 Å². The molecule has 0 saturated heterocycles. The molecule has 3 aromatic carbocycles. The van der Waals surface area contributed by atoms with Crippen molar-refractivity contribution in [3.63, 3.8) is 0 Å². The van der Waals surface area contributed by atoms with E-state index in [0.29, 0.717) is 12.2 Å². The highest BCUT2D eigenvalue weighted by Crippen LogP contribution is 2.21. The maximum Gasteiger partial charge on any atom is 0.244 e. The second kappa shape index (κ2) is 12.5. The Kier molecular flexibility index (Phi) is 9.41. The number of amides is 2. The van der Waals surface area contributed by atoms with Crippen molar-refractivity contribution in [2.24, 2.45) is 0 Å². The highest BCUT2D eigenvalue weighted by molar-refractivity contribution is 7.92. The lowest BCUT2D eigenvalue weighted by molar-refractivity contribution is -0.140. The zero-order chi connectivity index (χ0) is 27.0. The van der Waals surface area contributed by atoms with E-state index in [2.05, 4.69) is 5.32 Å². The molecule has 0 fully saturated rings. The van der Waals surface area contributed by atoms with Crippen molar-refractivity contribution in [1.29, 1.82) is 0 Å². The first-order chi connectivity index (χ1) is 17.6. The number of halogens is 1. The Balaban J connectivity index is 2.04. The smallest absolute Gasteiger partial charge is 0.244 e. The van der Waals surface area contributed by atoms with Crippen LogP contribution in [0.2, 0.25) is 0 Å². The minimum absolute atomic E-state index is 0.177. The Bertz CT molecular complexity index is 1310. The fourth-order valence-electron chi connectivity index (χ4n) is 3.98. The van der Waals surface area contributed by atoms with Crippen molar-refractivity contribution in [2.45, 2.75) is 32.9 Å². The Hall–Kier alpha value is -3.72. The van der Waals surface area contributed by atoms with E-state index in [9.17, 15) is 22.4 Å². The fraction of sp³-hybridized carbons (Fsp3) is 0.286.